The third-order valence-corrected chi connectivity index (χ3v) is 8.58. The van der Waals surface area contributed by atoms with Crippen LogP contribution in [0.1, 0.15) is 11.1 Å². The van der Waals surface area contributed by atoms with E-state index in [1.165, 1.54) is 10.8 Å². The van der Waals surface area contributed by atoms with Gasteiger partial charge in [0.1, 0.15) is 23.2 Å². The van der Waals surface area contributed by atoms with Gasteiger partial charge in [-0.25, -0.2) is 0 Å². The van der Waals surface area contributed by atoms with Crippen molar-refractivity contribution in [2.75, 3.05) is 0 Å². The number of hydrogen-bond acceptors (Lipinski definition) is 4. The molecule has 1 atom stereocenters. The first-order chi connectivity index (χ1) is 22.6. The molecular formula is C41H28N4O. The van der Waals surface area contributed by atoms with Crippen molar-refractivity contribution in [1.29, 1.82) is 10.7 Å². The molecule has 0 radical (unpaired) electrons. The second-order valence-electron chi connectivity index (χ2n) is 11.5. The van der Waals surface area contributed by atoms with E-state index >= 15 is 0 Å². The van der Waals surface area contributed by atoms with Crippen LogP contribution in [0.3, 0.4) is 0 Å². The van der Waals surface area contributed by atoms with Gasteiger partial charge in [0.25, 0.3) is 0 Å². The Hall–Kier alpha value is -6.38. The van der Waals surface area contributed by atoms with Crippen LogP contribution in [-0.2, 0) is 0 Å². The lowest BCUT2D eigenvalue weighted by Gasteiger charge is -2.19. The maximum Gasteiger partial charge on any atom is 0.135 e. The van der Waals surface area contributed by atoms with E-state index in [-0.39, 0.29) is 6.17 Å². The predicted molar refractivity (Wildman–Crippen MR) is 187 cm³/mol. The van der Waals surface area contributed by atoms with Gasteiger partial charge >= 0.3 is 0 Å². The minimum absolute atomic E-state index is 0.0866. The lowest BCUT2D eigenvalue weighted by molar-refractivity contribution is 0.654. The summed E-state index contributed by atoms with van der Waals surface area (Å²) in [4.78, 5) is 0. The van der Waals surface area contributed by atoms with Crippen molar-refractivity contribution in [1.82, 2.24) is 10.6 Å². The maximum absolute atomic E-state index is 9.16. The van der Waals surface area contributed by atoms with E-state index in [0.717, 1.165) is 60.9 Å². The fourth-order valence-corrected chi connectivity index (χ4v) is 6.08. The van der Waals surface area contributed by atoms with Gasteiger partial charge < -0.3 is 15.1 Å². The summed E-state index contributed by atoms with van der Waals surface area (Å²) in [5.74, 6) is 0.378. The Morgan fingerprint density at radius 3 is 1.74 bits per heavy atom. The molecule has 6 aromatic carbocycles. The van der Waals surface area contributed by atoms with Crippen molar-refractivity contribution in [3.8, 4) is 39.4 Å². The van der Waals surface area contributed by atoms with Crippen molar-refractivity contribution in [3.63, 3.8) is 0 Å². The molecule has 8 rings (SSSR count). The van der Waals surface area contributed by atoms with Gasteiger partial charge in [-0.05, 0) is 111 Å². The second-order valence-corrected chi connectivity index (χ2v) is 11.5. The Labute approximate surface area is 266 Å². The summed E-state index contributed by atoms with van der Waals surface area (Å²) in [6.45, 7) is 0. The van der Waals surface area contributed by atoms with Gasteiger partial charge in [-0.1, -0.05) is 78.9 Å². The molecule has 0 amide bonds. The third-order valence-electron chi connectivity index (χ3n) is 8.58. The monoisotopic (exact) mass is 592 g/mol. The Bertz CT molecular complexity index is 2390. The Morgan fingerprint density at radius 2 is 1.15 bits per heavy atom. The largest absolute Gasteiger partial charge is 0.456 e. The minimum atomic E-state index is -0.0866. The Balaban J connectivity index is 1.06. The van der Waals surface area contributed by atoms with Crippen LogP contribution in [0.15, 0.2) is 150 Å². The van der Waals surface area contributed by atoms with Crippen LogP contribution in [-0.4, -0.2) is 12.0 Å². The van der Waals surface area contributed by atoms with Crippen molar-refractivity contribution in [2.45, 2.75) is 6.17 Å². The zero-order chi connectivity index (χ0) is 31.0. The molecule has 5 nitrogen and oxygen atoms in total. The molecule has 0 spiro atoms. The molecule has 3 N–H and O–H groups in total. The molecule has 1 aromatic heterocycles. The van der Waals surface area contributed by atoms with Crippen LogP contribution >= 0.6 is 0 Å². The van der Waals surface area contributed by atoms with Crippen molar-refractivity contribution in [3.05, 3.63) is 157 Å². The zero-order valence-electron chi connectivity index (χ0n) is 24.8. The topological polar surface area (TPSA) is 84.8 Å². The van der Waals surface area contributed by atoms with Gasteiger partial charge in [-0.15, -0.1) is 0 Å². The number of furan rings is 1. The van der Waals surface area contributed by atoms with Gasteiger partial charge in [0.2, 0.25) is 0 Å². The summed E-state index contributed by atoms with van der Waals surface area (Å²) in [7, 11) is 0. The lowest BCUT2D eigenvalue weighted by Crippen LogP contribution is -2.42. The number of nitriles is 1. The first-order valence-electron chi connectivity index (χ1n) is 15.2. The smallest absolute Gasteiger partial charge is 0.135 e. The van der Waals surface area contributed by atoms with Crippen LogP contribution < -0.4 is 10.6 Å². The van der Waals surface area contributed by atoms with Gasteiger partial charge in [0.05, 0.1) is 11.6 Å². The molecule has 0 saturated heterocycles. The third kappa shape index (κ3) is 5.08. The lowest BCUT2D eigenvalue weighted by atomic mass is 9.96. The Morgan fingerprint density at radius 1 is 0.630 bits per heavy atom. The minimum Gasteiger partial charge on any atom is -0.456 e. The highest BCUT2D eigenvalue weighted by Crippen LogP contribution is 2.36. The fraction of sp³-hybridized carbons (Fsp3) is 0.0244. The first kappa shape index (κ1) is 27.2. The quantitative estimate of drug-likeness (QED) is 0.137. The van der Waals surface area contributed by atoms with E-state index in [9.17, 15) is 0 Å². The number of hydrogen-bond donors (Lipinski definition) is 3. The summed E-state index contributed by atoms with van der Waals surface area (Å²) >= 11 is 0. The predicted octanol–water partition coefficient (Wildman–Crippen LogP) is 9.53. The highest BCUT2D eigenvalue weighted by atomic mass is 16.3. The number of allylic oxidation sites excluding steroid dienone is 2. The summed E-state index contributed by atoms with van der Waals surface area (Å²) in [6, 6.07) is 43.8. The number of nitrogens with one attached hydrogen (secondary N) is 3. The normalized spacial score (nSPS) is 13.9. The molecule has 1 aliphatic heterocycles. The SMILES string of the molecule is N#Cc1ccc(-c2ccc3oc4ccc(-c5ccc6cc(-c7ccc(C(=N)NC8C=CC=CN8)cc7)ccc6c5)cc4c3c2)cc1. The molecule has 46 heavy (non-hydrogen) atoms. The molecule has 7 aromatic rings. The first-order valence-corrected chi connectivity index (χ1v) is 15.2. The van der Waals surface area contributed by atoms with E-state index in [1.54, 1.807) is 0 Å². The van der Waals surface area contributed by atoms with E-state index in [4.69, 9.17) is 15.1 Å². The number of nitrogens with zero attached hydrogens (tertiary/aromatic N) is 1. The van der Waals surface area contributed by atoms with E-state index in [0.29, 0.717) is 11.4 Å². The fourth-order valence-electron chi connectivity index (χ4n) is 6.08. The molecule has 0 fully saturated rings. The molecule has 218 valence electrons. The van der Waals surface area contributed by atoms with Gasteiger partial charge in [0, 0.05) is 16.3 Å². The highest BCUT2D eigenvalue weighted by molar-refractivity contribution is 6.08. The van der Waals surface area contributed by atoms with E-state index in [1.807, 2.05) is 66.9 Å². The van der Waals surface area contributed by atoms with Crippen LogP contribution in [0.2, 0.25) is 0 Å². The molecule has 5 heteroatoms. The summed E-state index contributed by atoms with van der Waals surface area (Å²) in [6.07, 6.45) is 7.65. The highest BCUT2D eigenvalue weighted by Gasteiger charge is 2.12. The molecule has 0 saturated carbocycles. The van der Waals surface area contributed by atoms with Crippen molar-refractivity contribution in [2.24, 2.45) is 0 Å². The van der Waals surface area contributed by atoms with Crippen molar-refractivity contribution >= 4 is 38.5 Å². The number of rotatable bonds is 5. The van der Waals surface area contributed by atoms with Crippen LogP contribution in [0.4, 0.5) is 0 Å². The number of fused-ring (bicyclic) bond motifs is 4. The average Bonchev–Trinajstić information content (AvgIpc) is 3.49. The molecule has 1 aliphatic rings. The van der Waals surface area contributed by atoms with Gasteiger partial charge in [-0.3, -0.25) is 5.41 Å². The standard InChI is InChI=1S/C41H28N4O/c42-25-26-4-6-27(7-5-26)34-16-18-38-36(23-34)37-24-35(17-19-39(37)46-38)33-15-14-31-21-30(12-13-32(31)22-33)28-8-10-29(11-9-28)41(43)45-40-3-1-2-20-44-40/h1-24,40,44H,(H2,43,45). The molecule has 0 bridgehead atoms. The molecule has 2 heterocycles. The number of amidine groups is 1. The van der Waals surface area contributed by atoms with Crippen molar-refractivity contribution < 1.29 is 4.42 Å². The molecular weight excluding hydrogens is 564 g/mol. The van der Waals surface area contributed by atoms with Gasteiger partial charge in [0.15, 0.2) is 0 Å². The van der Waals surface area contributed by atoms with Crippen LogP contribution in [0.5, 0.6) is 0 Å². The summed E-state index contributed by atoms with van der Waals surface area (Å²) in [5, 5.41) is 28.5. The summed E-state index contributed by atoms with van der Waals surface area (Å²) in [5.41, 5.74) is 9.88. The van der Waals surface area contributed by atoms with Gasteiger partial charge in [-0.2, -0.15) is 5.26 Å². The number of dihydropyridines is 1. The molecule has 1 unspecified atom stereocenters. The van der Waals surface area contributed by atoms with E-state index in [2.05, 4.69) is 95.6 Å². The van der Waals surface area contributed by atoms with E-state index < -0.39 is 0 Å². The maximum atomic E-state index is 9.16. The second kappa shape index (κ2) is 11.3. The zero-order valence-corrected chi connectivity index (χ0v) is 24.8. The molecule has 0 aliphatic carbocycles. The Kier molecular flexibility index (Phi) is 6.67. The number of benzene rings is 6. The van der Waals surface area contributed by atoms with Crippen LogP contribution in [0.25, 0.3) is 66.1 Å². The van der Waals surface area contributed by atoms with Crippen LogP contribution in [0, 0.1) is 16.7 Å². The average molecular weight is 593 g/mol. The summed E-state index contributed by atoms with van der Waals surface area (Å²) < 4.78 is 6.18.